The number of carbonyl (C=O) groups excluding carboxylic acids is 1. The molecule has 1 N–H and O–H groups in total. The van der Waals surface area contributed by atoms with Crippen LogP contribution in [0.3, 0.4) is 0 Å². The minimum Gasteiger partial charge on any atom is -0.497 e. The average molecular weight is 453 g/mol. The lowest BCUT2D eigenvalue weighted by atomic mass is 9.94. The number of Topliss-reactive ketones (excluding diaryl/α,β-unsaturated/α-hetero) is 1. The highest BCUT2D eigenvalue weighted by Crippen LogP contribution is 2.33. The summed E-state index contributed by atoms with van der Waals surface area (Å²) < 4.78 is 24.3. The van der Waals surface area contributed by atoms with Gasteiger partial charge in [-0.15, -0.1) is 10.2 Å². The molecule has 9 heteroatoms. The summed E-state index contributed by atoms with van der Waals surface area (Å²) in [5.41, 5.74) is 2.81. The van der Waals surface area contributed by atoms with Crippen LogP contribution >= 0.6 is 11.8 Å². The Kier molecular flexibility index (Phi) is 6.36. The van der Waals surface area contributed by atoms with Crippen molar-refractivity contribution in [2.45, 2.75) is 25.6 Å². The first-order valence-corrected chi connectivity index (χ1v) is 10.8. The quantitative estimate of drug-likeness (QED) is 0.581. The van der Waals surface area contributed by atoms with E-state index in [0.29, 0.717) is 34.0 Å². The van der Waals surface area contributed by atoms with Gasteiger partial charge < -0.3 is 14.5 Å². The normalized spacial score (nSPS) is 15.9. The van der Waals surface area contributed by atoms with E-state index in [0.717, 1.165) is 16.9 Å². The van der Waals surface area contributed by atoms with Gasteiger partial charge in [0.1, 0.15) is 17.6 Å². The van der Waals surface area contributed by atoms with Crippen LogP contribution in [-0.4, -0.2) is 28.3 Å². The highest BCUT2D eigenvalue weighted by Gasteiger charge is 2.27. The van der Waals surface area contributed by atoms with Crippen LogP contribution in [0.25, 0.3) is 11.5 Å². The number of nitrogens with one attached hydrogen (secondary N) is 1. The number of thioether (sulfide) groups is 1. The number of aliphatic imine (C=N–C) groups is 1. The highest BCUT2D eigenvalue weighted by molar-refractivity contribution is 8.13. The van der Waals surface area contributed by atoms with Crippen LogP contribution in [0.1, 0.15) is 31.3 Å². The zero-order chi connectivity index (χ0) is 22.7. The summed E-state index contributed by atoms with van der Waals surface area (Å²) in [6, 6.07) is 12.9. The molecule has 32 heavy (non-hydrogen) atoms. The molecule has 0 spiro atoms. The number of methoxy groups -OCH3 is 1. The third-order valence-corrected chi connectivity index (χ3v) is 5.79. The molecule has 0 radical (unpaired) electrons. The molecular formula is C23H21FN4O3S. The fraction of sp³-hybridized carbons (Fsp3) is 0.217. The Bertz CT molecular complexity index is 1190. The van der Waals surface area contributed by atoms with Crippen LogP contribution in [0.5, 0.6) is 5.75 Å². The van der Waals surface area contributed by atoms with E-state index in [1.54, 1.807) is 19.2 Å². The van der Waals surface area contributed by atoms with Gasteiger partial charge in [-0.05, 0) is 55.8 Å². The van der Waals surface area contributed by atoms with Gasteiger partial charge in [0.15, 0.2) is 11.0 Å². The van der Waals surface area contributed by atoms with E-state index in [1.165, 1.54) is 30.8 Å². The Morgan fingerprint density at radius 2 is 1.88 bits per heavy atom. The SMILES string of the molecule is COc1ccc(-c2nnc(CSC3=NC(c4ccc(F)cc4)C(C(C)=O)=C(C)N3)o2)cc1. The molecule has 1 unspecified atom stereocenters. The summed E-state index contributed by atoms with van der Waals surface area (Å²) in [6.07, 6.45) is 0. The number of carbonyl (C=O) groups is 1. The van der Waals surface area contributed by atoms with Crippen LogP contribution in [0.4, 0.5) is 4.39 Å². The average Bonchev–Trinajstić information content (AvgIpc) is 3.26. The molecule has 2 heterocycles. The van der Waals surface area contributed by atoms with Crippen molar-refractivity contribution < 1.29 is 18.3 Å². The lowest BCUT2D eigenvalue weighted by molar-refractivity contribution is -0.114. The lowest BCUT2D eigenvalue weighted by Gasteiger charge is -2.25. The standard InChI is InChI=1S/C23H21FN4O3S/c1-13-20(14(2)29)21(15-4-8-17(24)9-5-15)26-23(25-13)32-12-19-27-28-22(31-19)16-6-10-18(30-3)11-7-16/h4-11,21H,12H2,1-3H3,(H,25,26). The lowest BCUT2D eigenvalue weighted by Crippen LogP contribution is -2.29. The zero-order valence-electron chi connectivity index (χ0n) is 17.8. The number of halogens is 1. The summed E-state index contributed by atoms with van der Waals surface area (Å²) in [6.45, 7) is 3.33. The minimum atomic E-state index is -0.505. The number of hydrogen-bond acceptors (Lipinski definition) is 8. The molecule has 0 saturated heterocycles. The van der Waals surface area contributed by atoms with Crippen molar-refractivity contribution >= 4 is 22.7 Å². The largest absolute Gasteiger partial charge is 0.497 e. The number of nitrogens with zero attached hydrogens (tertiary/aromatic N) is 3. The van der Waals surface area contributed by atoms with E-state index in [9.17, 15) is 9.18 Å². The van der Waals surface area contributed by atoms with Crippen molar-refractivity contribution in [3.05, 3.63) is 77.1 Å². The van der Waals surface area contributed by atoms with Crippen LogP contribution in [-0.2, 0) is 10.5 Å². The minimum absolute atomic E-state index is 0.0850. The molecule has 0 aliphatic carbocycles. The first-order chi connectivity index (χ1) is 15.4. The summed E-state index contributed by atoms with van der Waals surface area (Å²) >= 11 is 1.39. The molecule has 0 bridgehead atoms. The predicted molar refractivity (Wildman–Crippen MR) is 121 cm³/mol. The second-order valence-electron chi connectivity index (χ2n) is 7.13. The summed E-state index contributed by atoms with van der Waals surface area (Å²) in [4.78, 5) is 16.9. The molecule has 1 atom stereocenters. The molecule has 7 nitrogen and oxygen atoms in total. The van der Waals surface area contributed by atoms with Gasteiger partial charge >= 0.3 is 0 Å². The fourth-order valence-corrected chi connectivity index (χ4v) is 4.14. The predicted octanol–water partition coefficient (Wildman–Crippen LogP) is 4.68. The first-order valence-electron chi connectivity index (χ1n) is 9.86. The van der Waals surface area contributed by atoms with Crippen LogP contribution < -0.4 is 10.1 Å². The monoisotopic (exact) mass is 452 g/mol. The van der Waals surface area contributed by atoms with E-state index in [1.807, 2.05) is 31.2 Å². The maximum atomic E-state index is 13.4. The highest BCUT2D eigenvalue weighted by atomic mass is 32.2. The Labute approximate surface area is 188 Å². The maximum Gasteiger partial charge on any atom is 0.247 e. The van der Waals surface area contributed by atoms with Gasteiger partial charge in [0.05, 0.1) is 12.9 Å². The zero-order valence-corrected chi connectivity index (χ0v) is 18.6. The number of ketones is 1. The number of amidine groups is 1. The van der Waals surface area contributed by atoms with Crippen molar-refractivity contribution in [1.82, 2.24) is 15.5 Å². The number of benzene rings is 2. The van der Waals surface area contributed by atoms with Crippen molar-refractivity contribution in [2.24, 2.45) is 4.99 Å². The molecule has 0 fully saturated rings. The summed E-state index contributed by atoms with van der Waals surface area (Å²) in [7, 11) is 1.61. The molecule has 0 saturated carbocycles. The van der Waals surface area contributed by atoms with E-state index < -0.39 is 6.04 Å². The van der Waals surface area contributed by atoms with Gasteiger partial charge in [0.25, 0.3) is 0 Å². The number of hydrogen-bond donors (Lipinski definition) is 1. The van der Waals surface area contributed by atoms with Gasteiger partial charge in [-0.2, -0.15) is 0 Å². The second kappa shape index (κ2) is 9.35. The molecule has 0 amide bonds. The molecule has 2 aromatic carbocycles. The number of rotatable bonds is 6. The molecule has 1 aliphatic heterocycles. The van der Waals surface area contributed by atoms with Crippen molar-refractivity contribution in [1.29, 1.82) is 0 Å². The van der Waals surface area contributed by atoms with Gasteiger partial charge in [-0.25, -0.2) is 9.38 Å². The molecular weight excluding hydrogens is 431 g/mol. The Morgan fingerprint density at radius 3 is 2.53 bits per heavy atom. The molecule has 4 rings (SSSR count). The molecule has 164 valence electrons. The summed E-state index contributed by atoms with van der Waals surface area (Å²) in [5, 5.41) is 12.0. The van der Waals surface area contributed by atoms with E-state index in [-0.39, 0.29) is 11.6 Å². The van der Waals surface area contributed by atoms with E-state index >= 15 is 0 Å². The van der Waals surface area contributed by atoms with Gasteiger partial charge in [0, 0.05) is 16.8 Å². The van der Waals surface area contributed by atoms with Gasteiger partial charge in [0.2, 0.25) is 11.8 Å². The smallest absolute Gasteiger partial charge is 0.247 e. The maximum absolute atomic E-state index is 13.4. The first kappa shape index (κ1) is 21.8. The summed E-state index contributed by atoms with van der Waals surface area (Å²) in [5.74, 6) is 1.58. The Balaban J connectivity index is 1.50. The van der Waals surface area contributed by atoms with Crippen LogP contribution in [0.2, 0.25) is 0 Å². The van der Waals surface area contributed by atoms with Crippen molar-refractivity contribution in [3.8, 4) is 17.2 Å². The van der Waals surface area contributed by atoms with Gasteiger partial charge in [-0.3, -0.25) is 4.79 Å². The topological polar surface area (TPSA) is 89.6 Å². The number of ether oxygens (including phenoxy) is 1. The second-order valence-corrected chi connectivity index (χ2v) is 8.09. The van der Waals surface area contributed by atoms with Gasteiger partial charge in [-0.1, -0.05) is 23.9 Å². The fourth-order valence-electron chi connectivity index (χ4n) is 3.36. The van der Waals surface area contributed by atoms with E-state index in [2.05, 4.69) is 15.5 Å². The number of aromatic nitrogens is 2. The van der Waals surface area contributed by atoms with Crippen molar-refractivity contribution in [3.63, 3.8) is 0 Å². The van der Waals surface area contributed by atoms with E-state index in [4.69, 9.17) is 14.1 Å². The molecule has 3 aromatic rings. The Morgan fingerprint density at radius 1 is 1.16 bits per heavy atom. The molecule has 1 aliphatic rings. The third kappa shape index (κ3) is 4.72. The van der Waals surface area contributed by atoms with Crippen LogP contribution in [0.15, 0.2) is 69.2 Å². The number of allylic oxidation sites excluding steroid dienone is 1. The van der Waals surface area contributed by atoms with Crippen LogP contribution in [0, 0.1) is 5.82 Å². The third-order valence-electron chi connectivity index (χ3n) is 4.92. The molecule has 1 aromatic heterocycles. The Hall–Kier alpha value is -3.46. The van der Waals surface area contributed by atoms with Crippen molar-refractivity contribution in [2.75, 3.05) is 7.11 Å².